The zero-order valence-electron chi connectivity index (χ0n) is 13.0. The van der Waals surface area contributed by atoms with E-state index in [0.29, 0.717) is 10.9 Å². The molecule has 122 valence electrons. The second-order valence-corrected chi connectivity index (χ2v) is 7.18. The Kier molecular flexibility index (Phi) is 4.55. The largest absolute Gasteiger partial charge is 0.436 e. The number of fused-ring (bicyclic) bond motifs is 1. The molecule has 0 aliphatic carbocycles. The van der Waals surface area contributed by atoms with E-state index in [1.165, 1.54) is 3.57 Å². The Morgan fingerprint density at radius 2 is 1.88 bits per heavy atom. The van der Waals surface area contributed by atoms with E-state index in [0.717, 1.165) is 27.9 Å². The van der Waals surface area contributed by atoms with E-state index >= 15 is 0 Å². The van der Waals surface area contributed by atoms with E-state index in [9.17, 15) is 0 Å². The van der Waals surface area contributed by atoms with Crippen molar-refractivity contribution in [1.29, 1.82) is 0 Å². The van der Waals surface area contributed by atoms with Crippen molar-refractivity contribution in [2.75, 3.05) is 0 Å². The first-order valence-corrected chi connectivity index (χ1v) is 9.09. The van der Waals surface area contributed by atoms with Gasteiger partial charge in [-0.05, 0) is 76.7 Å². The molecule has 1 aromatic heterocycles. The number of hydrogen-bond donors (Lipinski definition) is 0. The van der Waals surface area contributed by atoms with Gasteiger partial charge in [0.2, 0.25) is 5.89 Å². The third-order valence-electron chi connectivity index (χ3n) is 3.65. The Bertz CT molecular complexity index is 1090. The maximum Gasteiger partial charge on any atom is 0.227 e. The molecule has 0 aliphatic heterocycles. The zero-order chi connectivity index (χ0) is 17.2. The lowest BCUT2D eigenvalue weighted by Crippen LogP contribution is -1.81. The monoisotopic (exact) mass is 458 g/mol. The molecule has 4 rings (SSSR count). The first kappa shape index (κ1) is 16.3. The summed E-state index contributed by atoms with van der Waals surface area (Å²) in [6.45, 7) is 0. The van der Waals surface area contributed by atoms with E-state index < -0.39 is 0 Å². The Balaban J connectivity index is 1.66. The molecule has 0 spiro atoms. The summed E-state index contributed by atoms with van der Waals surface area (Å²) in [4.78, 5) is 9.09. The summed E-state index contributed by atoms with van der Waals surface area (Å²) in [7, 11) is 0. The average Bonchev–Trinajstić information content (AvgIpc) is 3.03. The molecule has 0 saturated heterocycles. The average molecular weight is 459 g/mol. The molecule has 0 amide bonds. The van der Waals surface area contributed by atoms with Gasteiger partial charge in [0.15, 0.2) is 5.58 Å². The predicted molar refractivity (Wildman–Crippen MR) is 111 cm³/mol. The minimum absolute atomic E-state index is 0.552. The minimum atomic E-state index is 0.552. The lowest BCUT2D eigenvalue weighted by atomic mass is 10.2. The van der Waals surface area contributed by atoms with Gasteiger partial charge in [-0.15, -0.1) is 0 Å². The lowest BCUT2D eigenvalue weighted by Gasteiger charge is -1.95. The molecule has 3 nitrogen and oxygen atoms in total. The number of benzene rings is 3. The number of rotatable bonds is 3. The Morgan fingerprint density at radius 1 is 1.00 bits per heavy atom. The van der Waals surface area contributed by atoms with Gasteiger partial charge in [-0.25, -0.2) is 4.98 Å². The highest BCUT2D eigenvalue weighted by atomic mass is 127. The summed E-state index contributed by atoms with van der Waals surface area (Å²) in [5.74, 6) is 0.552. The van der Waals surface area contributed by atoms with Gasteiger partial charge in [0.25, 0.3) is 0 Å². The van der Waals surface area contributed by atoms with Crippen molar-refractivity contribution in [1.82, 2.24) is 4.98 Å². The lowest BCUT2D eigenvalue weighted by molar-refractivity contribution is 0.620. The molecule has 5 heteroatoms. The van der Waals surface area contributed by atoms with Crippen LogP contribution in [0.3, 0.4) is 0 Å². The summed E-state index contributed by atoms with van der Waals surface area (Å²) >= 11 is 8.33. The van der Waals surface area contributed by atoms with Crippen LogP contribution in [0.5, 0.6) is 0 Å². The summed E-state index contributed by atoms with van der Waals surface area (Å²) < 4.78 is 7.00. The second kappa shape index (κ2) is 6.98. The SMILES string of the molecule is Clc1cccc(-c2nc3cc(N=Cc4cccc(I)c4)ccc3o2)c1. The maximum atomic E-state index is 6.04. The molecule has 4 aromatic rings. The molecule has 25 heavy (non-hydrogen) atoms. The molecule has 0 atom stereocenters. The van der Waals surface area contributed by atoms with Gasteiger partial charge in [0.1, 0.15) is 5.52 Å². The summed E-state index contributed by atoms with van der Waals surface area (Å²) in [5.41, 5.74) is 4.24. The van der Waals surface area contributed by atoms with Crippen LogP contribution in [0.4, 0.5) is 5.69 Å². The standard InChI is InChI=1S/C20H12ClIN2O/c21-15-5-2-4-14(10-15)20-24-18-11-17(7-8-19(18)25-20)23-12-13-3-1-6-16(22)9-13/h1-12H. The van der Waals surface area contributed by atoms with E-state index in [-0.39, 0.29) is 0 Å². The fourth-order valence-corrected chi connectivity index (χ4v) is 3.23. The highest BCUT2D eigenvalue weighted by molar-refractivity contribution is 14.1. The Labute approximate surface area is 163 Å². The maximum absolute atomic E-state index is 6.04. The molecule has 0 saturated carbocycles. The number of halogens is 2. The van der Waals surface area contributed by atoms with Crippen LogP contribution in [-0.4, -0.2) is 11.2 Å². The van der Waals surface area contributed by atoms with Crippen molar-refractivity contribution in [3.05, 3.63) is 80.9 Å². The quantitative estimate of drug-likeness (QED) is 0.259. The van der Waals surface area contributed by atoms with Gasteiger partial charge in [-0.3, -0.25) is 4.99 Å². The molecule has 0 unspecified atom stereocenters. The highest BCUT2D eigenvalue weighted by Gasteiger charge is 2.09. The van der Waals surface area contributed by atoms with E-state index in [1.807, 2.05) is 60.8 Å². The molecule has 0 aliphatic rings. The smallest absolute Gasteiger partial charge is 0.227 e. The third kappa shape index (κ3) is 3.75. The minimum Gasteiger partial charge on any atom is -0.436 e. The number of nitrogens with zero attached hydrogens (tertiary/aromatic N) is 2. The molecule has 0 fully saturated rings. The van der Waals surface area contributed by atoms with Crippen LogP contribution < -0.4 is 0 Å². The van der Waals surface area contributed by atoms with Crippen molar-refractivity contribution in [2.24, 2.45) is 4.99 Å². The fraction of sp³-hybridized carbons (Fsp3) is 0. The van der Waals surface area contributed by atoms with Crippen LogP contribution in [-0.2, 0) is 0 Å². The van der Waals surface area contributed by atoms with Gasteiger partial charge < -0.3 is 4.42 Å². The van der Waals surface area contributed by atoms with E-state index in [2.05, 4.69) is 44.7 Å². The first-order chi connectivity index (χ1) is 12.2. The molecule has 0 bridgehead atoms. The Morgan fingerprint density at radius 3 is 2.72 bits per heavy atom. The van der Waals surface area contributed by atoms with Gasteiger partial charge in [0, 0.05) is 20.4 Å². The van der Waals surface area contributed by atoms with Gasteiger partial charge in [0.05, 0.1) is 5.69 Å². The predicted octanol–water partition coefficient (Wildman–Crippen LogP) is 6.50. The van der Waals surface area contributed by atoms with Crippen molar-refractivity contribution >= 4 is 57.2 Å². The number of aromatic nitrogens is 1. The van der Waals surface area contributed by atoms with Crippen LogP contribution in [0.1, 0.15) is 5.56 Å². The van der Waals surface area contributed by atoms with E-state index in [4.69, 9.17) is 16.0 Å². The third-order valence-corrected chi connectivity index (χ3v) is 4.56. The summed E-state index contributed by atoms with van der Waals surface area (Å²) in [6, 6.07) is 21.4. The molecule has 0 radical (unpaired) electrons. The molecular weight excluding hydrogens is 447 g/mol. The Hall–Kier alpha value is -2.18. The molecule has 3 aromatic carbocycles. The van der Waals surface area contributed by atoms with Gasteiger partial charge in [-0.1, -0.05) is 29.8 Å². The highest BCUT2D eigenvalue weighted by Crippen LogP contribution is 2.28. The molecule has 1 heterocycles. The van der Waals surface area contributed by atoms with Crippen molar-refractivity contribution in [3.8, 4) is 11.5 Å². The molecular formula is C20H12ClIN2O. The number of aliphatic imine (C=N–C) groups is 1. The van der Waals surface area contributed by atoms with Crippen LogP contribution in [0.2, 0.25) is 5.02 Å². The first-order valence-electron chi connectivity index (χ1n) is 7.63. The van der Waals surface area contributed by atoms with Gasteiger partial charge in [-0.2, -0.15) is 0 Å². The topological polar surface area (TPSA) is 38.4 Å². The second-order valence-electron chi connectivity index (χ2n) is 5.49. The van der Waals surface area contributed by atoms with Crippen LogP contribution >= 0.6 is 34.2 Å². The van der Waals surface area contributed by atoms with Crippen molar-refractivity contribution < 1.29 is 4.42 Å². The van der Waals surface area contributed by atoms with Crippen LogP contribution in [0.15, 0.2) is 76.1 Å². The van der Waals surface area contributed by atoms with Crippen molar-refractivity contribution in [2.45, 2.75) is 0 Å². The summed E-state index contributed by atoms with van der Waals surface area (Å²) in [6.07, 6.45) is 1.85. The van der Waals surface area contributed by atoms with Gasteiger partial charge >= 0.3 is 0 Å². The number of oxazole rings is 1. The fourth-order valence-electron chi connectivity index (χ4n) is 2.48. The van der Waals surface area contributed by atoms with Crippen molar-refractivity contribution in [3.63, 3.8) is 0 Å². The summed E-state index contributed by atoms with van der Waals surface area (Å²) in [5, 5.41) is 0.655. The van der Waals surface area contributed by atoms with E-state index in [1.54, 1.807) is 0 Å². The number of hydrogen-bond acceptors (Lipinski definition) is 3. The van der Waals surface area contributed by atoms with Crippen LogP contribution in [0.25, 0.3) is 22.6 Å². The molecule has 0 N–H and O–H groups in total. The van der Waals surface area contributed by atoms with Crippen LogP contribution in [0, 0.1) is 3.57 Å². The zero-order valence-corrected chi connectivity index (χ0v) is 15.9. The normalized spacial score (nSPS) is 11.4.